The second kappa shape index (κ2) is 9.77. The third-order valence-electron chi connectivity index (χ3n) is 3.16. The first-order chi connectivity index (χ1) is 12.6. The van der Waals surface area contributed by atoms with E-state index in [-0.39, 0.29) is 18.9 Å². The molecule has 0 radical (unpaired) electrons. The van der Waals surface area contributed by atoms with E-state index in [2.05, 4.69) is 20.8 Å². The zero-order valence-electron chi connectivity index (χ0n) is 14.6. The maximum atomic E-state index is 11.9. The number of nitrogens with zero attached hydrogens (tertiary/aromatic N) is 2. The van der Waals surface area contributed by atoms with Crippen molar-refractivity contribution in [3.05, 3.63) is 48.8 Å². The summed E-state index contributed by atoms with van der Waals surface area (Å²) in [5.41, 5.74) is 3.41. The molecule has 2 N–H and O–H groups in total. The second-order valence-corrected chi connectivity index (χ2v) is 5.31. The molecule has 1 aromatic heterocycles. The van der Waals surface area contributed by atoms with E-state index in [1.165, 1.54) is 0 Å². The number of benzene rings is 1. The first-order valence-corrected chi connectivity index (χ1v) is 7.85. The highest BCUT2D eigenvalue weighted by molar-refractivity contribution is 6.05. The molecule has 8 nitrogen and oxygen atoms in total. The van der Waals surface area contributed by atoms with Gasteiger partial charge in [0.25, 0.3) is 5.91 Å². The van der Waals surface area contributed by atoms with E-state index in [0.717, 1.165) is 0 Å². The molecule has 0 bridgehead atoms. The summed E-state index contributed by atoms with van der Waals surface area (Å²) in [5, 5.41) is 6.57. The van der Waals surface area contributed by atoms with Crippen LogP contribution in [0.2, 0.25) is 0 Å². The fraction of sp³-hybridized carbons (Fsp3) is 0.222. The summed E-state index contributed by atoms with van der Waals surface area (Å²) in [4.78, 5) is 27.5. The molecule has 2 amide bonds. The van der Waals surface area contributed by atoms with Crippen molar-refractivity contribution in [1.82, 2.24) is 10.4 Å². The van der Waals surface area contributed by atoms with E-state index in [1.807, 2.05) is 0 Å². The Bertz CT molecular complexity index is 761. The molecule has 1 aromatic carbocycles. The third-order valence-corrected chi connectivity index (χ3v) is 3.16. The summed E-state index contributed by atoms with van der Waals surface area (Å²) in [6.07, 6.45) is 3.21. The fourth-order valence-corrected chi connectivity index (χ4v) is 1.92. The molecule has 0 unspecified atom stereocenters. The molecule has 0 atom stereocenters. The van der Waals surface area contributed by atoms with Gasteiger partial charge in [0.2, 0.25) is 5.91 Å². The van der Waals surface area contributed by atoms with Gasteiger partial charge in [-0.15, -0.1) is 0 Å². The lowest BCUT2D eigenvalue weighted by molar-refractivity contribution is -0.123. The van der Waals surface area contributed by atoms with Gasteiger partial charge < -0.3 is 14.8 Å². The molecule has 1 heterocycles. The van der Waals surface area contributed by atoms with Gasteiger partial charge in [0.15, 0.2) is 6.61 Å². The average molecular weight is 356 g/mol. The van der Waals surface area contributed by atoms with Gasteiger partial charge >= 0.3 is 0 Å². The van der Waals surface area contributed by atoms with Gasteiger partial charge in [0.1, 0.15) is 11.5 Å². The lowest BCUT2D eigenvalue weighted by atomic mass is 10.3. The van der Waals surface area contributed by atoms with Crippen LogP contribution < -0.4 is 20.2 Å². The van der Waals surface area contributed by atoms with Crippen LogP contribution in [0.25, 0.3) is 0 Å². The van der Waals surface area contributed by atoms with Crippen LogP contribution in [-0.2, 0) is 9.59 Å². The lowest BCUT2D eigenvalue weighted by Crippen LogP contribution is -2.26. The van der Waals surface area contributed by atoms with Crippen molar-refractivity contribution in [2.24, 2.45) is 5.10 Å². The molecule has 0 saturated heterocycles. The Labute approximate surface area is 151 Å². The van der Waals surface area contributed by atoms with E-state index in [4.69, 9.17) is 9.47 Å². The first-order valence-electron chi connectivity index (χ1n) is 7.85. The van der Waals surface area contributed by atoms with Gasteiger partial charge in [-0.3, -0.25) is 14.6 Å². The van der Waals surface area contributed by atoms with Crippen LogP contribution in [0.15, 0.2) is 53.9 Å². The van der Waals surface area contributed by atoms with Gasteiger partial charge in [0.05, 0.1) is 25.4 Å². The molecular formula is C18H20N4O4. The normalized spacial score (nSPS) is 10.8. The van der Waals surface area contributed by atoms with E-state index in [0.29, 0.717) is 22.9 Å². The molecule has 0 aliphatic carbocycles. The number of aromatic nitrogens is 1. The highest BCUT2D eigenvalue weighted by Crippen LogP contribution is 2.16. The molecule has 0 aliphatic heterocycles. The van der Waals surface area contributed by atoms with E-state index >= 15 is 0 Å². The minimum atomic E-state index is -0.423. The SMILES string of the molecule is COc1ccc(OCC(=O)NN=C(C)CC(=O)Nc2cccnc2)cc1. The zero-order chi connectivity index (χ0) is 18.8. The van der Waals surface area contributed by atoms with Crippen LogP contribution >= 0.6 is 0 Å². The summed E-state index contributed by atoms with van der Waals surface area (Å²) in [6.45, 7) is 1.46. The summed E-state index contributed by atoms with van der Waals surface area (Å²) in [7, 11) is 1.57. The molecule has 8 heteroatoms. The molecule has 2 rings (SSSR count). The highest BCUT2D eigenvalue weighted by Gasteiger charge is 2.06. The molecule has 2 aromatic rings. The molecule has 0 saturated carbocycles. The summed E-state index contributed by atoms with van der Waals surface area (Å²) < 4.78 is 10.4. The molecule has 136 valence electrons. The molecular weight excluding hydrogens is 336 g/mol. The summed E-state index contributed by atoms with van der Waals surface area (Å²) >= 11 is 0. The van der Waals surface area contributed by atoms with Gasteiger partial charge in [0, 0.05) is 11.9 Å². The van der Waals surface area contributed by atoms with Crippen LogP contribution in [-0.4, -0.2) is 36.2 Å². The minimum absolute atomic E-state index is 0.0501. The van der Waals surface area contributed by atoms with Gasteiger partial charge in [-0.25, -0.2) is 5.43 Å². The number of ether oxygens (including phenoxy) is 2. The predicted octanol–water partition coefficient (Wildman–Crippen LogP) is 1.99. The number of rotatable bonds is 8. The van der Waals surface area contributed by atoms with Crippen LogP contribution in [0.1, 0.15) is 13.3 Å². The van der Waals surface area contributed by atoms with Gasteiger partial charge in [-0.1, -0.05) is 0 Å². The van der Waals surface area contributed by atoms with E-state index in [1.54, 1.807) is 62.8 Å². The number of hydrazone groups is 1. The number of anilines is 1. The van der Waals surface area contributed by atoms with Crippen molar-refractivity contribution >= 4 is 23.2 Å². The van der Waals surface area contributed by atoms with Crippen LogP contribution in [0.5, 0.6) is 11.5 Å². The number of carbonyl (C=O) groups excluding carboxylic acids is 2. The Hall–Kier alpha value is -3.42. The monoisotopic (exact) mass is 356 g/mol. The summed E-state index contributed by atoms with van der Waals surface area (Å²) in [5.74, 6) is 0.569. The Kier molecular flexibility index (Phi) is 7.11. The quantitative estimate of drug-likeness (QED) is 0.556. The Morgan fingerprint density at radius 2 is 1.85 bits per heavy atom. The maximum absolute atomic E-state index is 11.9. The maximum Gasteiger partial charge on any atom is 0.277 e. The number of pyridine rings is 1. The summed E-state index contributed by atoms with van der Waals surface area (Å²) in [6, 6.07) is 10.3. The molecule has 0 fully saturated rings. The second-order valence-electron chi connectivity index (χ2n) is 5.31. The smallest absolute Gasteiger partial charge is 0.277 e. The van der Waals surface area contributed by atoms with Crippen LogP contribution in [0.3, 0.4) is 0 Å². The number of methoxy groups -OCH3 is 1. The van der Waals surface area contributed by atoms with Gasteiger partial charge in [-0.2, -0.15) is 5.10 Å². The third kappa shape index (κ3) is 6.60. The predicted molar refractivity (Wildman–Crippen MR) is 97.2 cm³/mol. The number of amides is 2. The lowest BCUT2D eigenvalue weighted by Gasteiger charge is -2.07. The van der Waals surface area contributed by atoms with Crippen molar-refractivity contribution in [2.75, 3.05) is 19.0 Å². The number of carbonyl (C=O) groups is 2. The Morgan fingerprint density at radius 1 is 1.12 bits per heavy atom. The largest absolute Gasteiger partial charge is 0.497 e. The van der Waals surface area contributed by atoms with Crippen molar-refractivity contribution in [3.8, 4) is 11.5 Å². The zero-order valence-corrected chi connectivity index (χ0v) is 14.6. The van der Waals surface area contributed by atoms with Crippen LogP contribution in [0, 0.1) is 0 Å². The Morgan fingerprint density at radius 3 is 2.50 bits per heavy atom. The number of hydrogen-bond donors (Lipinski definition) is 2. The van der Waals surface area contributed by atoms with Crippen molar-refractivity contribution < 1.29 is 19.1 Å². The van der Waals surface area contributed by atoms with Crippen LogP contribution in [0.4, 0.5) is 5.69 Å². The molecule has 0 aliphatic rings. The average Bonchev–Trinajstić information content (AvgIpc) is 2.65. The Balaban J connectivity index is 1.72. The van der Waals surface area contributed by atoms with Crippen molar-refractivity contribution in [2.45, 2.75) is 13.3 Å². The van der Waals surface area contributed by atoms with Crippen molar-refractivity contribution in [3.63, 3.8) is 0 Å². The van der Waals surface area contributed by atoms with E-state index < -0.39 is 5.91 Å². The fourth-order valence-electron chi connectivity index (χ4n) is 1.92. The minimum Gasteiger partial charge on any atom is -0.497 e. The standard InChI is InChI=1S/C18H20N4O4/c1-13(10-17(23)20-14-4-3-9-19-11-14)21-22-18(24)12-26-16-7-5-15(25-2)6-8-16/h3-9,11H,10,12H2,1-2H3,(H,20,23)(H,22,24). The number of nitrogens with one attached hydrogen (secondary N) is 2. The van der Waals surface area contributed by atoms with Crippen molar-refractivity contribution in [1.29, 1.82) is 0 Å². The van der Waals surface area contributed by atoms with E-state index in [9.17, 15) is 9.59 Å². The molecule has 0 spiro atoms. The number of hydrogen-bond acceptors (Lipinski definition) is 6. The first kappa shape index (κ1) is 18.9. The van der Waals surface area contributed by atoms with Gasteiger partial charge in [-0.05, 0) is 43.3 Å². The highest BCUT2D eigenvalue weighted by atomic mass is 16.5. The topological polar surface area (TPSA) is 102 Å². The molecule has 26 heavy (non-hydrogen) atoms.